The number of nitrogens with one attached hydrogen (secondary N) is 2. The van der Waals surface area contributed by atoms with Crippen LogP contribution in [0.15, 0.2) is 0 Å². The van der Waals surface area contributed by atoms with Gasteiger partial charge in [0, 0.05) is 5.54 Å². The molecule has 100 valence electrons. The summed E-state index contributed by atoms with van der Waals surface area (Å²) >= 11 is 0. The summed E-state index contributed by atoms with van der Waals surface area (Å²) < 4.78 is 0. The minimum absolute atomic E-state index is 0.0264. The minimum atomic E-state index is -0.928. The molecule has 1 atom stereocenters. The maximum atomic E-state index is 11.6. The van der Waals surface area contributed by atoms with Crippen molar-refractivity contribution in [1.29, 1.82) is 0 Å². The van der Waals surface area contributed by atoms with E-state index in [0.29, 0.717) is 0 Å². The molecule has 0 saturated carbocycles. The van der Waals surface area contributed by atoms with E-state index in [1.54, 1.807) is 13.8 Å². The van der Waals surface area contributed by atoms with Crippen molar-refractivity contribution in [2.45, 2.75) is 52.6 Å². The molecule has 17 heavy (non-hydrogen) atoms. The molecular weight excluding hydrogens is 220 g/mol. The lowest BCUT2D eigenvalue weighted by Crippen LogP contribution is -2.50. The third-order valence-electron chi connectivity index (χ3n) is 2.78. The lowest BCUT2D eigenvalue weighted by atomic mass is 10.0. The Kier molecular flexibility index (Phi) is 6.16. The van der Waals surface area contributed by atoms with Crippen LogP contribution < -0.4 is 10.6 Å². The summed E-state index contributed by atoms with van der Waals surface area (Å²) in [7, 11) is 0. The highest BCUT2D eigenvalue weighted by atomic mass is 16.4. The van der Waals surface area contributed by atoms with Gasteiger partial charge in [0.15, 0.2) is 0 Å². The molecule has 0 radical (unpaired) electrons. The zero-order valence-corrected chi connectivity index (χ0v) is 11.3. The van der Waals surface area contributed by atoms with Crippen LogP contribution in [0.5, 0.6) is 0 Å². The summed E-state index contributed by atoms with van der Waals surface area (Å²) in [6.07, 6.45) is 0.825. The number of carbonyl (C=O) groups is 2. The summed E-state index contributed by atoms with van der Waals surface area (Å²) in [5.74, 6) is -1.16. The van der Waals surface area contributed by atoms with Crippen molar-refractivity contribution in [3.63, 3.8) is 0 Å². The van der Waals surface area contributed by atoms with Gasteiger partial charge in [0.25, 0.3) is 0 Å². The Morgan fingerprint density at radius 2 is 1.82 bits per heavy atom. The molecule has 5 nitrogen and oxygen atoms in total. The molecule has 0 aromatic rings. The molecule has 0 bridgehead atoms. The smallest absolute Gasteiger partial charge is 0.320 e. The number of carboxylic acid groups (broad SMARTS) is 1. The van der Waals surface area contributed by atoms with Crippen LogP contribution in [-0.2, 0) is 9.59 Å². The molecule has 0 rings (SSSR count). The van der Waals surface area contributed by atoms with Gasteiger partial charge in [-0.3, -0.25) is 14.9 Å². The van der Waals surface area contributed by atoms with Crippen LogP contribution in [-0.4, -0.2) is 35.1 Å². The van der Waals surface area contributed by atoms with Gasteiger partial charge in [0.2, 0.25) is 5.91 Å². The van der Waals surface area contributed by atoms with Gasteiger partial charge in [-0.1, -0.05) is 20.8 Å². The maximum Gasteiger partial charge on any atom is 0.320 e. The van der Waals surface area contributed by atoms with Crippen LogP contribution in [0.3, 0.4) is 0 Å². The number of hydrogen-bond donors (Lipinski definition) is 3. The number of carboxylic acids is 1. The minimum Gasteiger partial charge on any atom is -0.480 e. The van der Waals surface area contributed by atoms with E-state index < -0.39 is 12.0 Å². The summed E-state index contributed by atoms with van der Waals surface area (Å²) in [6.45, 7) is 9.49. The molecule has 0 aliphatic heterocycles. The summed E-state index contributed by atoms with van der Waals surface area (Å²) in [5.41, 5.74) is -0.255. The second-order valence-electron chi connectivity index (χ2n) is 5.23. The monoisotopic (exact) mass is 244 g/mol. The van der Waals surface area contributed by atoms with Crippen molar-refractivity contribution in [3.8, 4) is 0 Å². The third kappa shape index (κ3) is 6.26. The highest BCUT2D eigenvalue weighted by Gasteiger charge is 2.23. The Labute approximate surface area is 103 Å². The van der Waals surface area contributed by atoms with Gasteiger partial charge in [-0.15, -0.1) is 0 Å². The Balaban J connectivity index is 4.19. The molecule has 3 N–H and O–H groups in total. The van der Waals surface area contributed by atoms with Crippen LogP contribution >= 0.6 is 0 Å². The number of carbonyl (C=O) groups excluding carboxylic acids is 1. The van der Waals surface area contributed by atoms with Gasteiger partial charge in [-0.05, 0) is 26.2 Å². The van der Waals surface area contributed by atoms with Crippen LogP contribution in [0.1, 0.15) is 41.0 Å². The highest BCUT2D eigenvalue weighted by Crippen LogP contribution is 2.06. The summed E-state index contributed by atoms with van der Waals surface area (Å²) in [5, 5.41) is 14.5. The Bertz CT molecular complexity index is 275. The van der Waals surface area contributed by atoms with Gasteiger partial charge in [-0.25, -0.2) is 0 Å². The number of aliphatic carboxylic acids is 1. The Morgan fingerprint density at radius 1 is 1.29 bits per heavy atom. The second-order valence-corrected chi connectivity index (χ2v) is 5.23. The van der Waals surface area contributed by atoms with Crippen molar-refractivity contribution in [1.82, 2.24) is 10.6 Å². The number of amides is 1. The fourth-order valence-corrected chi connectivity index (χ4v) is 1.32. The van der Waals surface area contributed by atoms with Crippen molar-refractivity contribution in [2.24, 2.45) is 5.92 Å². The van der Waals surface area contributed by atoms with Gasteiger partial charge in [0.05, 0.1) is 6.54 Å². The summed E-state index contributed by atoms with van der Waals surface area (Å²) in [4.78, 5) is 22.5. The fourth-order valence-electron chi connectivity index (χ4n) is 1.32. The van der Waals surface area contributed by atoms with E-state index in [9.17, 15) is 9.59 Å². The van der Waals surface area contributed by atoms with Crippen molar-refractivity contribution < 1.29 is 14.7 Å². The van der Waals surface area contributed by atoms with Crippen molar-refractivity contribution in [3.05, 3.63) is 0 Å². The fraction of sp³-hybridized carbons (Fsp3) is 0.833. The molecule has 0 aliphatic rings. The van der Waals surface area contributed by atoms with E-state index in [0.717, 1.165) is 6.42 Å². The van der Waals surface area contributed by atoms with E-state index in [-0.39, 0.29) is 23.9 Å². The Hall–Kier alpha value is -1.10. The zero-order valence-electron chi connectivity index (χ0n) is 11.3. The van der Waals surface area contributed by atoms with E-state index in [1.165, 1.54) is 0 Å². The van der Waals surface area contributed by atoms with E-state index in [1.807, 2.05) is 20.8 Å². The largest absolute Gasteiger partial charge is 0.480 e. The van der Waals surface area contributed by atoms with Crippen LogP contribution in [0, 0.1) is 5.92 Å². The van der Waals surface area contributed by atoms with Gasteiger partial charge in [0.1, 0.15) is 6.04 Å². The standard InChI is InChI=1S/C12H24N2O3/c1-6-12(4,5)14-9(15)7-13-10(8(2)3)11(16)17/h8,10,13H,6-7H2,1-5H3,(H,14,15)(H,16,17). The number of hydrogen-bond acceptors (Lipinski definition) is 3. The quantitative estimate of drug-likeness (QED) is 0.624. The Morgan fingerprint density at radius 3 is 2.18 bits per heavy atom. The number of rotatable bonds is 7. The van der Waals surface area contributed by atoms with Gasteiger partial charge < -0.3 is 10.4 Å². The first-order chi connectivity index (χ1) is 7.69. The predicted octanol–water partition coefficient (Wildman–Crippen LogP) is 0.990. The molecule has 1 unspecified atom stereocenters. The van der Waals surface area contributed by atoms with Crippen molar-refractivity contribution in [2.75, 3.05) is 6.54 Å². The SMILES string of the molecule is CCC(C)(C)NC(=O)CNC(C(=O)O)C(C)C. The van der Waals surface area contributed by atoms with E-state index in [4.69, 9.17) is 5.11 Å². The van der Waals surface area contributed by atoms with Crippen LogP contribution in [0.4, 0.5) is 0 Å². The van der Waals surface area contributed by atoms with Gasteiger partial charge >= 0.3 is 5.97 Å². The third-order valence-corrected chi connectivity index (χ3v) is 2.78. The molecule has 0 spiro atoms. The van der Waals surface area contributed by atoms with Crippen molar-refractivity contribution >= 4 is 11.9 Å². The van der Waals surface area contributed by atoms with E-state index in [2.05, 4.69) is 10.6 Å². The summed E-state index contributed by atoms with van der Waals surface area (Å²) in [6, 6.07) is -0.689. The average Bonchev–Trinajstić information content (AvgIpc) is 2.16. The van der Waals surface area contributed by atoms with Crippen LogP contribution in [0.25, 0.3) is 0 Å². The molecule has 0 aromatic carbocycles. The normalized spacial score (nSPS) is 13.5. The van der Waals surface area contributed by atoms with Gasteiger partial charge in [-0.2, -0.15) is 0 Å². The zero-order chi connectivity index (χ0) is 13.6. The molecule has 1 amide bonds. The first kappa shape index (κ1) is 15.9. The molecule has 0 saturated heterocycles. The lowest BCUT2D eigenvalue weighted by molar-refractivity contribution is -0.140. The molecule has 0 heterocycles. The lowest BCUT2D eigenvalue weighted by Gasteiger charge is -2.25. The average molecular weight is 244 g/mol. The van der Waals surface area contributed by atoms with Crippen LogP contribution in [0.2, 0.25) is 0 Å². The predicted molar refractivity (Wildman–Crippen MR) is 66.8 cm³/mol. The molecule has 0 aromatic heterocycles. The molecule has 0 aliphatic carbocycles. The first-order valence-electron chi connectivity index (χ1n) is 5.97. The topological polar surface area (TPSA) is 78.4 Å². The molecule has 5 heteroatoms. The maximum absolute atomic E-state index is 11.6. The second kappa shape index (κ2) is 6.59. The highest BCUT2D eigenvalue weighted by molar-refractivity contribution is 5.80. The molecular formula is C12H24N2O3. The molecule has 0 fully saturated rings. The van der Waals surface area contributed by atoms with E-state index >= 15 is 0 Å². The first-order valence-corrected chi connectivity index (χ1v) is 5.97.